The van der Waals surface area contributed by atoms with Gasteiger partial charge in [-0.25, -0.2) is 4.79 Å². The maximum absolute atomic E-state index is 11.8. The maximum Gasteiger partial charge on any atom is 0.407 e. The quantitative estimate of drug-likeness (QED) is 0.641. The highest BCUT2D eigenvalue weighted by molar-refractivity contribution is 5.67. The van der Waals surface area contributed by atoms with Crippen LogP contribution < -0.4 is 16.4 Å². The van der Waals surface area contributed by atoms with E-state index in [1.807, 2.05) is 45.0 Å². The summed E-state index contributed by atoms with van der Waals surface area (Å²) in [5.74, 6) is 0. The summed E-state index contributed by atoms with van der Waals surface area (Å²) in [6.45, 7) is 8.97. The first kappa shape index (κ1) is 19.3. The third kappa shape index (κ3) is 8.45. The van der Waals surface area contributed by atoms with Gasteiger partial charge in [0.2, 0.25) is 0 Å². The molecular weight excluding hydrogens is 290 g/mol. The van der Waals surface area contributed by atoms with Crippen molar-refractivity contribution in [3.8, 4) is 0 Å². The van der Waals surface area contributed by atoms with Gasteiger partial charge < -0.3 is 21.1 Å². The molecule has 1 rings (SSSR count). The number of nitrogens with one attached hydrogen (secondary N) is 2. The van der Waals surface area contributed by atoms with Gasteiger partial charge in [-0.3, -0.25) is 0 Å². The Morgan fingerprint density at radius 2 is 2.00 bits per heavy atom. The molecule has 0 saturated heterocycles. The van der Waals surface area contributed by atoms with E-state index in [0.717, 1.165) is 30.5 Å². The molecule has 1 aromatic carbocycles. The molecule has 0 radical (unpaired) electrons. The Morgan fingerprint density at radius 3 is 2.61 bits per heavy atom. The van der Waals surface area contributed by atoms with Crippen molar-refractivity contribution in [3.05, 3.63) is 29.8 Å². The largest absolute Gasteiger partial charge is 0.444 e. The van der Waals surface area contributed by atoms with Crippen molar-refractivity contribution < 1.29 is 9.53 Å². The van der Waals surface area contributed by atoms with Crippen molar-refractivity contribution >= 4 is 11.8 Å². The van der Waals surface area contributed by atoms with Crippen LogP contribution in [0.4, 0.5) is 10.5 Å². The summed E-state index contributed by atoms with van der Waals surface area (Å²) < 4.78 is 5.28. The summed E-state index contributed by atoms with van der Waals surface area (Å²) in [5.41, 5.74) is 7.35. The van der Waals surface area contributed by atoms with E-state index >= 15 is 0 Å². The van der Waals surface area contributed by atoms with Crippen LogP contribution in [0.15, 0.2) is 24.3 Å². The summed E-state index contributed by atoms with van der Waals surface area (Å²) in [4.78, 5) is 11.8. The van der Waals surface area contributed by atoms with Crippen molar-refractivity contribution in [3.63, 3.8) is 0 Å². The minimum absolute atomic E-state index is 0.196. The third-order valence-corrected chi connectivity index (χ3v) is 3.43. The Morgan fingerprint density at radius 1 is 1.30 bits per heavy atom. The lowest BCUT2D eigenvalue weighted by molar-refractivity contribution is 0.0521. The van der Waals surface area contributed by atoms with Crippen molar-refractivity contribution in [1.82, 2.24) is 10.6 Å². The zero-order valence-electron chi connectivity index (χ0n) is 14.8. The predicted molar refractivity (Wildman–Crippen MR) is 95.2 cm³/mol. The molecule has 0 aromatic heterocycles. The highest BCUT2D eigenvalue weighted by Gasteiger charge is 2.17. The fraction of sp³-hybridized carbons (Fsp3) is 0.611. The second-order valence-corrected chi connectivity index (χ2v) is 6.80. The number of hydrogen-bond donors (Lipinski definition) is 3. The normalized spacial score (nSPS) is 12.7. The van der Waals surface area contributed by atoms with Gasteiger partial charge in [0.05, 0.1) is 0 Å². The molecule has 1 aromatic rings. The molecule has 0 aliphatic heterocycles. The summed E-state index contributed by atoms with van der Waals surface area (Å²) >= 11 is 0. The first-order valence-electron chi connectivity index (χ1n) is 8.35. The average molecular weight is 321 g/mol. The minimum atomic E-state index is -0.477. The molecule has 1 atom stereocenters. The first-order chi connectivity index (χ1) is 10.8. The number of ether oxygens (including phenoxy) is 1. The average Bonchev–Trinajstić information content (AvgIpc) is 2.46. The van der Waals surface area contributed by atoms with Crippen LogP contribution in [0.2, 0.25) is 0 Å². The second-order valence-electron chi connectivity index (χ2n) is 6.80. The summed E-state index contributed by atoms with van der Waals surface area (Å²) in [6.07, 6.45) is 2.86. The van der Waals surface area contributed by atoms with Crippen LogP contribution in [0.25, 0.3) is 0 Å². The molecule has 5 nitrogen and oxygen atoms in total. The van der Waals surface area contributed by atoms with E-state index in [-0.39, 0.29) is 12.1 Å². The van der Waals surface area contributed by atoms with Crippen LogP contribution in [-0.4, -0.2) is 24.3 Å². The van der Waals surface area contributed by atoms with E-state index in [2.05, 4.69) is 17.6 Å². The predicted octanol–water partition coefficient (Wildman–Crippen LogP) is 3.44. The summed E-state index contributed by atoms with van der Waals surface area (Å²) in [6, 6.07) is 8.02. The lowest BCUT2D eigenvalue weighted by Gasteiger charge is -2.23. The number of para-hydroxylation sites is 1. The summed E-state index contributed by atoms with van der Waals surface area (Å²) in [5, 5.41) is 6.32. The maximum atomic E-state index is 11.8. The molecule has 0 fully saturated rings. The molecule has 0 aliphatic rings. The second kappa shape index (κ2) is 9.40. The Balaban J connectivity index is 2.49. The first-order valence-corrected chi connectivity index (χ1v) is 8.35. The number of hydrogen-bond acceptors (Lipinski definition) is 4. The number of benzene rings is 1. The van der Waals surface area contributed by atoms with Gasteiger partial charge in [0.15, 0.2) is 0 Å². The Kier molecular flexibility index (Phi) is 7.89. The number of nitrogen functional groups attached to an aromatic ring is 1. The number of nitrogens with two attached hydrogens (primary N) is 1. The highest BCUT2D eigenvalue weighted by atomic mass is 16.6. The molecular formula is C18H31N3O2. The number of carbonyl (C=O) groups is 1. The fourth-order valence-electron chi connectivity index (χ4n) is 2.20. The van der Waals surface area contributed by atoms with E-state index < -0.39 is 5.60 Å². The van der Waals surface area contributed by atoms with E-state index in [9.17, 15) is 4.79 Å². The van der Waals surface area contributed by atoms with Crippen molar-refractivity contribution in [2.75, 3.05) is 12.3 Å². The molecule has 130 valence electrons. The number of carbonyl (C=O) groups excluding carboxylic acids is 1. The molecule has 0 heterocycles. The van der Waals surface area contributed by atoms with Crippen LogP contribution in [0.5, 0.6) is 0 Å². The van der Waals surface area contributed by atoms with E-state index in [4.69, 9.17) is 10.5 Å². The van der Waals surface area contributed by atoms with Crippen molar-refractivity contribution in [2.45, 2.75) is 65.1 Å². The summed E-state index contributed by atoms with van der Waals surface area (Å²) in [7, 11) is 0. The number of unbranched alkanes of at least 4 members (excludes halogenated alkanes) is 1. The van der Waals surface area contributed by atoms with Gasteiger partial charge >= 0.3 is 6.09 Å². The van der Waals surface area contributed by atoms with Gasteiger partial charge in [0.1, 0.15) is 5.60 Å². The van der Waals surface area contributed by atoms with Crippen molar-refractivity contribution in [2.24, 2.45) is 0 Å². The van der Waals surface area contributed by atoms with E-state index in [1.54, 1.807) is 0 Å². The number of alkyl carbamates (subject to hydrolysis) is 1. The van der Waals surface area contributed by atoms with Crippen LogP contribution in [-0.2, 0) is 11.3 Å². The van der Waals surface area contributed by atoms with Gasteiger partial charge in [0.25, 0.3) is 0 Å². The Bertz CT molecular complexity index is 483. The zero-order chi connectivity index (χ0) is 17.3. The molecule has 4 N–H and O–H groups in total. The number of anilines is 1. The lowest BCUT2D eigenvalue weighted by Crippen LogP contribution is -2.42. The van der Waals surface area contributed by atoms with Gasteiger partial charge in [-0.1, -0.05) is 38.0 Å². The molecule has 0 aliphatic carbocycles. The molecule has 23 heavy (non-hydrogen) atoms. The van der Waals surface area contributed by atoms with E-state index in [1.165, 1.54) is 0 Å². The molecule has 0 bridgehead atoms. The van der Waals surface area contributed by atoms with Crippen LogP contribution in [0.1, 0.15) is 52.5 Å². The Hall–Kier alpha value is -1.75. The lowest BCUT2D eigenvalue weighted by atomic mass is 10.1. The molecule has 5 heteroatoms. The highest BCUT2D eigenvalue weighted by Crippen LogP contribution is 2.11. The topological polar surface area (TPSA) is 76.4 Å². The van der Waals surface area contributed by atoms with Crippen LogP contribution in [0, 0.1) is 0 Å². The smallest absolute Gasteiger partial charge is 0.407 e. The molecule has 0 spiro atoms. The SMILES string of the molecule is CCCCC(CNC(=O)OC(C)(C)C)NCc1ccccc1N. The number of amides is 1. The fourth-order valence-corrected chi connectivity index (χ4v) is 2.20. The zero-order valence-corrected chi connectivity index (χ0v) is 14.8. The monoisotopic (exact) mass is 321 g/mol. The van der Waals surface area contributed by atoms with Gasteiger partial charge in [0, 0.05) is 24.8 Å². The van der Waals surface area contributed by atoms with Gasteiger partial charge in [-0.2, -0.15) is 0 Å². The van der Waals surface area contributed by atoms with Gasteiger partial charge in [-0.05, 0) is 38.8 Å². The van der Waals surface area contributed by atoms with Crippen molar-refractivity contribution in [1.29, 1.82) is 0 Å². The Labute approximate surface area is 140 Å². The third-order valence-electron chi connectivity index (χ3n) is 3.43. The van der Waals surface area contributed by atoms with Gasteiger partial charge in [-0.15, -0.1) is 0 Å². The molecule has 1 amide bonds. The van der Waals surface area contributed by atoms with Crippen LogP contribution >= 0.6 is 0 Å². The number of rotatable bonds is 8. The molecule has 1 unspecified atom stereocenters. The standard InChI is InChI=1S/C18H31N3O2/c1-5-6-10-15(13-21-17(22)23-18(2,3)4)20-12-14-9-7-8-11-16(14)19/h7-9,11,15,20H,5-6,10,12-13,19H2,1-4H3,(H,21,22). The van der Waals surface area contributed by atoms with E-state index in [0.29, 0.717) is 13.1 Å². The van der Waals surface area contributed by atoms with Crippen LogP contribution in [0.3, 0.4) is 0 Å². The molecule has 0 saturated carbocycles. The minimum Gasteiger partial charge on any atom is -0.444 e.